The zero-order valence-corrected chi connectivity index (χ0v) is 27.8. The number of aldehydes is 1. The summed E-state index contributed by atoms with van der Waals surface area (Å²) in [5.74, 6) is 0.469. The molecule has 2 aromatic heterocycles. The van der Waals surface area contributed by atoms with Crippen LogP contribution in [-0.4, -0.2) is 26.6 Å². The summed E-state index contributed by atoms with van der Waals surface area (Å²) >= 11 is 1.34. The molecule has 1 atom stereocenters. The highest BCUT2D eigenvalue weighted by Gasteiger charge is 2.35. The molecule has 3 aromatic rings. The van der Waals surface area contributed by atoms with Crippen molar-refractivity contribution in [1.82, 2.24) is 14.5 Å². The Bertz CT molecular complexity index is 1610. The summed E-state index contributed by atoms with van der Waals surface area (Å²) in [5.41, 5.74) is 10.2. The van der Waals surface area contributed by atoms with Crippen LogP contribution >= 0.6 is 11.8 Å². The van der Waals surface area contributed by atoms with Crippen LogP contribution in [0.1, 0.15) is 76.0 Å². The number of carbonyl (C=O) groups excluding carboxylic acids is 2. The molecule has 8 heteroatoms. The number of allylic oxidation sites excluding steroid dienone is 3. The Balaban J connectivity index is 0.00000330. The van der Waals surface area contributed by atoms with Gasteiger partial charge in [-0.2, -0.15) is 0 Å². The molecule has 6 nitrogen and oxygen atoms in total. The van der Waals surface area contributed by atoms with Crippen LogP contribution in [0.4, 0.5) is 10.2 Å². The molecule has 2 heterocycles. The predicted molar refractivity (Wildman–Crippen MR) is 182 cm³/mol. The average Bonchev–Trinajstić information content (AvgIpc) is 3.27. The highest BCUT2D eigenvalue weighted by molar-refractivity contribution is 8.05. The van der Waals surface area contributed by atoms with Crippen LogP contribution in [0.3, 0.4) is 0 Å². The molecule has 1 aromatic carbocycles. The molecule has 0 bridgehead atoms. The molecule has 232 valence electrons. The summed E-state index contributed by atoms with van der Waals surface area (Å²) in [7, 11) is 0. The Morgan fingerprint density at radius 3 is 2.34 bits per heavy atom. The second-order valence-corrected chi connectivity index (χ2v) is 12.6. The Morgan fingerprint density at radius 1 is 1.16 bits per heavy atom. The fraction of sp³-hybridized carbons (Fsp3) is 0.333. The normalized spacial score (nSPS) is 13.2. The van der Waals surface area contributed by atoms with Crippen LogP contribution in [0, 0.1) is 37.9 Å². The topological polar surface area (TPSA) is 90.9 Å². The van der Waals surface area contributed by atoms with Crippen molar-refractivity contribution in [1.29, 1.82) is 0 Å². The molecule has 2 N–H and O–H groups in total. The number of halogens is 1. The van der Waals surface area contributed by atoms with Crippen molar-refractivity contribution in [3.8, 4) is 24.2 Å². The second-order valence-electron chi connectivity index (χ2n) is 11.6. The van der Waals surface area contributed by atoms with E-state index in [0.717, 1.165) is 28.7 Å². The Kier molecular flexibility index (Phi) is 12.3. The van der Waals surface area contributed by atoms with E-state index in [1.165, 1.54) is 17.8 Å². The standard InChI is InChI=1S/C34H41FN4O2S.C2H2/c1-10-13-27-23(4)39(17-26-14-11-12-15-29(26)35)18-28(27)32-37-22(3)30(31(36)38-32)34(9,20-40)25(6)42-19-21(2)16-33(7,8)24(5)41;1-2/h10-15,18-20H,6,16-17H2,1-5,7-9H3,(H2,36,37,38);1-2H/b13-10-,21-19+;/t34-;/m0./s1. The number of carbonyl (C=O) groups is 2. The first kappa shape index (κ1) is 36.0. The van der Waals surface area contributed by atoms with Gasteiger partial charge in [0.2, 0.25) is 0 Å². The fourth-order valence-corrected chi connectivity index (χ4v) is 5.80. The van der Waals surface area contributed by atoms with Gasteiger partial charge in [-0.25, -0.2) is 14.4 Å². The lowest BCUT2D eigenvalue weighted by Gasteiger charge is -2.28. The molecule has 0 saturated carbocycles. The van der Waals surface area contributed by atoms with E-state index in [9.17, 15) is 14.0 Å². The van der Waals surface area contributed by atoms with Gasteiger partial charge in [-0.05, 0) is 64.3 Å². The minimum Gasteiger partial charge on any atom is -0.383 e. The van der Waals surface area contributed by atoms with Crippen molar-refractivity contribution in [3.63, 3.8) is 0 Å². The van der Waals surface area contributed by atoms with E-state index < -0.39 is 10.8 Å². The van der Waals surface area contributed by atoms with Crippen LogP contribution in [0.2, 0.25) is 0 Å². The maximum Gasteiger partial charge on any atom is 0.163 e. The molecule has 0 aliphatic carbocycles. The third kappa shape index (κ3) is 7.83. The largest absolute Gasteiger partial charge is 0.383 e. The molecule has 3 rings (SSSR count). The molecule has 0 unspecified atom stereocenters. The van der Waals surface area contributed by atoms with Crippen molar-refractivity contribution in [3.05, 3.63) is 92.9 Å². The number of ketones is 1. The zero-order chi connectivity index (χ0) is 33.4. The van der Waals surface area contributed by atoms with E-state index in [0.29, 0.717) is 40.5 Å². The van der Waals surface area contributed by atoms with E-state index in [4.69, 9.17) is 10.7 Å². The summed E-state index contributed by atoms with van der Waals surface area (Å²) in [6.45, 7) is 19.4. The lowest BCUT2D eigenvalue weighted by atomic mass is 9.83. The number of nitrogens with zero attached hydrogens (tertiary/aromatic N) is 3. The average molecular weight is 615 g/mol. The number of Topliss-reactive ketones (excluding diaryl/α,β-unsaturated/α-hetero) is 1. The number of aryl methyl sites for hydroxylation is 1. The third-order valence-corrected chi connectivity index (χ3v) is 9.03. The van der Waals surface area contributed by atoms with E-state index in [1.807, 2.05) is 75.9 Å². The van der Waals surface area contributed by atoms with Crippen LogP contribution in [0.15, 0.2) is 59.0 Å². The molecule has 0 amide bonds. The van der Waals surface area contributed by atoms with Gasteiger partial charge in [0, 0.05) is 45.3 Å². The minimum absolute atomic E-state index is 0.118. The van der Waals surface area contributed by atoms with Gasteiger partial charge in [-0.15, -0.1) is 24.6 Å². The number of terminal acetylenes is 1. The van der Waals surface area contributed by atoms with Crippen molar-refractivity contribution in [2.75, 3.05) is 5.73 Å². The number of anilines is 1. The third-order valence-electron chi connectivity index (χ3n) is 7.80. The number of rotatable bonds is 12. The molecular weight excluding hydrogens is 571 g/mol. The van der Waals surface area contributed by atoms with E-state index >= 15 is 0 Å². The molecule has 0 spiro atoms. The first-order chi connectivity index (χ1) is 20.7. The lowest BCUT2D eigenvalue weighted by molar-refractivity contribution is -0.124. The summed E-state index contributed by atoms with van der Waals surface area (Å²) in [6.07, 6.45) is 15.2. The Hall–Kier alpha value is -4.22. The van der Waals surface area contributed by atoms with Gasteiger partial charge < -0.3 is 15.1 Å². The molecule has 0 aliphatic heterocycles. The van der Waals surface area contributed by atoms with Crippen molar-refractivity contribution >= 4 is 35.7 Å². The number of nitrogens with two attached hydrogens (primary N) is 1. The summed E-state index contributed by atoms with van der Waals surface area (Å²) in [6, 6.07) is 6.71. The second kappa shape index (κ2) is 15.0. The maximum absolute atomic E-state index is 14.4. The summed E-state index contributed by atoms with van der Waals surface area (Å²) in [5, 5.41) is 1.93. The minimum atomic E-state index is -1.15. The summed E-state index contributed by atoms with van der Waals surface area (Å²) < 4.78 is 16.4. The number of benzene rings is 1. The molecule has 0 aliphatic rings. The smallest absolute Gasteiger partial charge is 0.163 e. The molecule has 0 fully saturated rings. The monoisotopic (exact) mass is 614 g/mol. The zero-order valence-electron chi connectivity index (χ0n) is 27.0. The van der Waals surface area contributed by atoms with Crippen LogP contribution in [0.5, 0.6) is 0 Å². The van der Waals surface area contributed by atoms with Gasteiger partial charge in [0.05, 0.1) is 12.0 Å². The SMILES string of the molecule is C#C.C=C(S/C=C(\C)CC(C)(C)C(C)=O)[C@](C)(C=O)c1c(C)nc(-c2cn(Cc3ccccc3F)c(C)c2/C=C\C)nc1N. The number of hydrogen-bond donors (Lipinski definition) is 1. The Labute approximate surface area is 265 Å². The molecule has 44 heavy (non-hydrogen) atoms. The highest BCUT2D eigenvalue weighted by Crippen LogP contribution is 2.42. The van der Waals surface area contributed by atoms with Gasteiger partial charge in [0.1, 0.15) is 23.7 Å². The predicted octanol–water partition coefficient (Wildman–Crippen LogP) is 8.23. The molecular formula is C36H43FN4O2S. The van der Waals surface area contributed by atoms with Crippen molar-refractivity contribution in [2.45, 2.75) is 73.8 Å². The molecule has 0 saturated heterocycles. The van der Waals surface area contributed by atoms with Crippen LogP contribution < -0.4 is 5.73 Å². The fourth-order valence-electron chi connectivity index (χ4n) is 4.98. The maximum atomic E-state index is 14.4. The first-order valence-corrected chi connectivity index (χ1v) is 15.1. The van der Waals surface area contributed by atoms with Gasteiger partial charge in [0.25, 0.3) is 0 Å². The number of nitrogen functional groups attached to an aromatic ring is 1. The number of hydrogen-bond acceptors (Lipinski definition) is 6. The Morgan fingerprint density at radius 2 is 1.80 bits per heavy atom. The van der Waals surface area contributed by atoms with Crippen LogP contribution in [0.25, 0.3) is 17.5 Å². The van der Waals surface area contributed by atoms with E-state index in [2.05, 4.69) is 24.4 Å². The van der Waals surface area contributed by atoms with Crippen molar-refractivity contribution in [2.24, 2.45) is 5.41 Å². The van der Waals surface area contributed by atoms with Crippen molar-refractivity contribution < 1.29 is 14.0 Å². The number of thioether (sulfide) groups is 1. The first-order valence-electron chi connectivity index (χ1n) is 14.2. The van der Waals surface area contributed by atoms with E-state index in [1.54, 1.807) is 26.0 Å². The molecule has 0 radical (unpaired) electrons. The summed E-state index contributed by atoms with van der Waals surface area (Å²) in [4.78, 5) is 34.6. The van der Waals surface area contributed by atoms with Crippen LogP contribution in [-0.2, 0) is 21.5 Å². The highest BCUT2D eigenvalue weighted by atomic mass is 32.2. The van der Waals surface area contributed by atoms with Gasteiger partial charge in [0.15, 0.2) is 5.82 Å². The van der Waals surface area contributed by atoms with Gasteiger partial charge in [-0.3, -0.25) is 4.79 Å². The van der Waals surface area contributed by atoms with E-state index in [-0.39, 0.29) is 17.4 Å². The van der Waals surface area contributed by atoms with Gasteiger partial charge >= 0.3 is 0 Å². The number of aromatic nitrogens is 3. The van der Waals surface area contributed by atoms with Gasteiger partial charge in [-0.1, -0.05) is 56.4 Å². The quantitative estimate of drug-likeness (QED) is 0.163. The lowest BCUT2D eigenvalue weighted by Crippen LogP contribution is -2.28.